The molecule has 0 saturated heterocycles. The second kappa shape index (κ2) is 3.32. The van der Waals surface area contributed by atoms with Crippen LogP contribution in [0.4, 0.5) is 0 Å². The SMILES string of the molecule is Cc1cn([I-]C(C)C)nn1. The number of halogens is 1. The molecule has 0 fully saturated rings. The zero-order chi connectivity index (χ0) is 7.56. The normalized spacial score (nSPS) is 11.2. The topological polar surface area (TPSA) is 30.7 Å². The van der Waals surface area contributed by atoms with Crippen molar-refractivity contribution in [3.8, 4) is 0 Å². The summed E-state index contributed by atoms with van der Waals surface area (Å²) in [4.78, 5) is 0. The number of hydrogen-bond acceptors (Lipinski definition) is 2. The van der Waals surface area contributed by atoms with Gasteiger partial charge in [-0.2, -0.15) is 0 Å². The first kappa shape index (κ1) is 7.97. The van der Waals surface area contributed by atoms with Gasteiger partial charge in [0.15, 0.2) is 0 Å². The van der Waals surface area contributed by atoms with Gasteiger partial charge in [0.2, 0.25) is 0 Å². The molecule has 3 nitrogen and oxygen atoms in total. The molecule has 0 N–H and O–H groups in total. The number of nitrogens with zero attached hydrogens (tertiary/aromatic N) is 3. The third-order valence-electron chi connectivity index (χ3n) is 0.876. The maximum absolute atomic E-state index is 3.97. The fourth-order valence-electron chi connectivity index (χ4n) is 0.567. The molecule has 1 heterocycles. The summed E-state index contributed by atoms with van der Waals surface area (Å²) < 4.78 is 2.73. The minimum absolute atomic E-state index is 0.0310. The Morgan fingerprint density at radius 1 is 1.60 bits per heavy atom. The molecule has 0 amide bonds. The van der Waals surface area contributed by atoms with Gasteiger partial charge in [0.05, 0.1) is 0 Å². The second-order valence-electron chi connectivity index (χ2n) is 2.36. The number of hydrogen-bond donors (Lipinski definition) is 0. The van der Waals surface area contributed by atoms with Crippen molar-refractivity contribution in [3.63, 3.8) is 0 Å². The summed E-state index contributed by atoms with van der Waals surface area (Å²) >= 11 is 0.0310. The van der Waals surface area contributed by atoms with E-state index in [1.165, 1.54) is 0 Å². The summed E-state index contributed by atoms with van der Waals surface area (Å²) in [5.41, 5.74) is 1.01. The van der Waals surface area contributed by atoms with Crippen LogP contribution in [0.2, 0.25) is 0 Å². The Morgan fingerprint density at radius 2 is 2.30 bits per heavy atom. The van der Waals surface area contributed by atoms with E-state index >= 15 is 0 Å². The molecule has 4 heteroatoms. The Hall–Kier alpha value is -0.130. The van der Waals surface area contributed by atoms with Gasteiger partial charge in [-0.3, -0.25) is 0 Å². The van der Waals surface area contributed by atoms with E-state index in [2.05, 4.69) is 24.2 Å². The summed E-state index contributed by atoms with van der Waals surface area (Å²) in [7, 11) is 0. The molecule has 1 aromatic heterocycles. The Morgan fingerprint density at radius 3 is 2.70 bits per heavy atom. The quantitative estimate of drug-likeness (QED) is 0.444. The molecule has 1 aromatic rings. The van der Waals surface area contributed by atoms with E-state index in [4.69, 9.17) is 0 Å². The van der Waals surface area contributed by atoms with Crippen molar-refractivity contribution in [2.75, 3.05) is 0 Å². The third-order valence-corrected chi connectivity index (χ3v) is 3.03. The molecule has 0 unspecified atom stereocenters. The van der Waals surface area contributed by atoms with Crippen molar-refractivity contribution in [2.24, 2.45) is 0 Å². The molecule has 0 aliphatic heterocycles. The van der Waals surface area contributed by atoms with Crippen LogP contribution in [0.5, 0.6) is 0 Å². The van der Waals surface area contributed by atoms with Gasteiger partial charge < -0.3 is 0 Å². The summed E-state index contributed by atoms with van der Waals surface area (Å²) in [6.07, 6.45) is 2.01. The molecule has 0 aliphatic carbocycles. The molecule has 10 heavy (non-hydrogen) atoms. The Balaban J connectivity index is 2.58. The van der Waals surface area contributed by atoms with Crippen LogP contribution in [0.1, 0.15) is 19.5 Å². The first-order valence-electron chi connectivity index (χ1n) is 3.21. The van der Waals surface area contributed by atoms with Crippen LogP contribution in [0.15, 0.2) is 6.20 Å². The first-order valence-corrected chi connectivity index (χ1v) is 5.42. The van der Waals surface area contributed by atoms with Crippen LogP contribution in [0.3, 0.4) is 0 Å². The van der Waals surface area contributed by atoms with E-state index in [0.29, 0.717) is 0 Å². The molecular weight excluding hydrogens is 241 g/mol. The van der Waals surface area contributed by atoms with Crippen LogP contribution in [0, 0.1) is 6.92 Å². The molecule has 1 rings (SSSR count). The van der Waals surface area contributed by atoms with Gasteiger partial charge in [0.25, 0.3) is 0 Å². The van der Waals surface area contributed by atoms with Crippen LogP contribution in [-0.4, -0.2) is 17.1 Å². The van der Waals surface area contributed by atoms with Crippen LogP contribution >= 0.6 is 0 Å². The Kier molecular flexibility index (Phi) is 2.64. The number of alkyl halides is 1. The van der Waals surface area contributed by atoms with Gasteiger partial charge >= 0.3 is 71.3 Å². The van der Waals surface area contributed by atoms with Gasteiger partial charge in [0, 0.05) is 0 Å². The van der Waals surface area contributed by atoms with Gasteiger partial charge in [-0.1, -0.05) is 0 Å². The molecule has 0 spiro atoms. The molecule has 0 saturated carbocycles. The predicted molar refractivity (Wildman–Crippen MR) is 35.3 cm³/mol. The molecule has 58 valence electrons. The fourth-order valence-corrected chi connectivity index (χ4v) is 2.48. The zero-order valence-corrected chi connectivity index (χ0v) is 8.53. The van der Waals surface area contributed by atoms with Crippen LogP contribution in [0.25, 0.3) is 0 Å². The summed E-state index contributed by atoms with van der Waals surface area (Å²) in [6.45, 7) is 6.39. The Labute approximate surface area is 71.4 Å². The fraction of sp³-hybridized carbons (Fsp3) is 0.667. The van der Waals surface area contributed by atoms with E-state index in [1.54, 1.807) is 0 Å². The van der Waals surface area contributed by atoms with E-state index < -0.39 is 0 Å². The number of rotatable bonds is 2. The Bertz CT molecular complexity index is 207. The average molecular weight is 252 g/mol. The standard InChI is InChI=1S/C6H11IN3/c1-5(2)7-10-4-6(3)8-9-10/h4-5H,1-3H3/q-1. The van der Waals surface area contributed by atoms with Gasteiger partial charge in [-0.15, -0.1) is 0 Å². The molecular formula is C6H11IN3-. The molecule has 0 aromatic carbocycles. The predicted octanol–water partition coefficient (Wildman–Crippen LogP) is -2.15. The minimum atomic E-state index is 0.0310. The van der Waals surface area contributed by atoms with E-state index in [-0.39, 0.29) is 21.5 Å². The average Bonchev–Trinajstić information content (AvgIpc) is 2.13. The number of aromatic nitrogens is 3. The van der Waals surface area contributed by atoms with Crippen molar-refractivity contribution in [1.29, 1.82) is 0 Å². The van der Waals surface area contributed by atoms with Crippen molar-refractivity contribution in [3.05, 3.63) is 11.9 Å². The van der Waals surface area contributed by atoms with E-state index in [9.17, 15) is 0 Å². The number of aryl methyl sites for hydroxylation is 1. The van der Waals surface area contributed by atoms with Gasteiger partial charge in [-0.05, 0) is 0 Å². The van der Waals surface area contributed by atoms with Gasteiger partial charge in [-0.25, -0.2) is 0 Å². The molecule has 0 bridgehead atoms. The third kappa shape index (κ3) is 2.24. The van der Waals surface area contributed by atoms with Gasteiger partial charge in [0.1, 0.15) is 0 Å². The maximum atomic E-state index is 3.97. The summed E-state index contributed by atoms with van der Waals surface area (Å²) in [5.74, 6) is 0. The van der Waals surface area contributed by atoms with E-state index in [0.717, 1.165) is 9.62 Å². The van der Waals surface area contributed by atoms with Crippen molar-refractivity contribution in [2.45, 2.75) is 24.7 Å². The molecule has 0 aliphatic rings. The summed E-state index contributed by atoms with van der Waals surface area (Å²) in [5, 5.41) is 7.88. The summed E-state index contributed by atoms with van der Waals surface area (Å²) in [6, 6.07) is 0. The monoisotopic (exact) mass is 252 g/mol. The van der Waals surface area contributed by atoms with Crippen molar-refractivity contribution >= 4 is 0 Å². The van der Waals surface area contributed by atoms with Crippen LogP contribution < -0.4 is 21.5 Å². The second-order valence-corrected chi connectivity index (χ2v) is 6.40. The first-order chi connectivity index (χ1) is 4.68. The van der Waals surface area contributed by atoms with Crippen molar-refractivity contribution < 1.29 is 21.5 Å². The molecule has 0 atom stereocenters. The zero-order valence-electron chi connectivity index (χ0n) is 6.37. The molecule has 0 radical (unpaired) electrons. The van der Waals surface area contributed by atoms with E-state index in [1.807, 2.05) is 16.0 Å². The van der Waals surface area contributed by atoms with Crippen LogP contribution in [-0.2, 0) is 0 Å². The van der Waals surface area contributed by atoms with Crippen molar-refractivity contribution in [1.82, 2.24) is 13.2 Å².